The van der Waals surface area contributed by atoms with Crippen LogP contribution in [0.2, 0.25) is 0 Å². The molecule has 4 nitrogen and oxygen atoms in total. The van der Waals surface area contributed by atoms with Gasteiger partial charge in [-0.3, -0.25) is 9.59 Å². The molecule has 110 valence electrons. The first-order chi connectivity index (χ1) is 10.1. The lowest BCUT2D eigenvalue weighted by Crippen LogP contribution is -2.25. The Balaban J connectivity index is 1.81. The van der Waals surface area contributed by atoms with E-state index in [-0.39, 0.29) is 36.0 Å². The van der Waals surface area contributed by atoms with Gasteiger partial charge in [0.25, 0.3) is 0 Å². The zero-order valence-corrected chi connectivity index (χ0v) is 12.1. The van der Waals surface area contributed by atoms with Crippen molar-refractivity contribution >= 4 is 17.8 Å². The summed E-state index contributed by atoms with van der Waals surface area (Å²) in [6.07, 6.45) is 5.39. The summed E-state index contributed by atoms with van der Waals surface area (Å²) in [6.45, 7) is 2.04. The summed E-state index contributed by atoms with van der Waals surface area (Å²) in [4.78, 5) is 23.2. The van der Waals surface area contributed by atoms with Crippen LogP contribution < -0.4 is 5.32 Å². The van der Waals surface area contributed by atoms with E-state index in [4.69, 9.17) is 0 Å². The lowest BCUT2D eigenvalue weighted by Gasteiger charge is -2.04. The van der Waals surface area contributed by atoms with Gasteiger partial charge in [-0.15, -0.1) is 0 Å². The molecule has 0 fully saturated rings. The van der Waals surface area contributed by atoms with Gasteiger partial charge >= 0.3 is 0 Å². The number of hydrogen-bond acceptors (Lipinski definition) is 3. The van der Waals surface area contributed by atoms with Crippen LogP contribution >= 0.6 is 0 Å². The first-order valence-corrected chi connectivity index (χ1v) is 7.05. The average Bonchev–Trinajstić information content (AvgIpc) is 2.77. The fourth-order valence-electron chi connectivity index (χ4n) is 2.19. The normalized spacial score (nSPS) is 15.0. The number of aryl methyl sites for hydroxylation is 1. The number of carbonyl (C=O) groups excluding carboxylic acids is 2. The van der Waals surface area contributed by atoms with E-state index in [9.17, 15) is 14.7 Å². The summed E-state index contributed by atoms with van der Waals surface area (Å²) >= 11 is 0. The number of allylic oxidation sites excluding steroid dienone is 3. The molecule has 0 aromatic heterocycles. The summed E-state index contributed by atoms with van der Waals surface area (Å²) < 4.78 is 0. The molecule has 2 rings (SSSR count). The van der Waals surface area contributed by atoms with Crippen molar-refractivity contribution in [2.45, 2.75) is 32.6 Å². The van der Waals surface area contributed by atoms with Crippen molar-refractivity contribution in [2.75, 3.05) is 0 Å². The maximum atomic E-state index is 11.7. The Bertz CT molecular complexity index is 614. The second-order valence-electron chi connectivity index (χ2n) is 5.09. The molecule has 0 heterocycles. The van der Waals surface area contributed by atoms with E-state index in [1.807, 2.05) is 43.3 Å². The van der Waals surface area contributed by atoms with Crippen molar-refractivity contribution < 1.29 is 14.7 Å². The van der Waals surface area contributed by atoms with Crippen LogP contribution in [-0.4, -0.2) is 16.8 Å². The van der Waals surface area contributed by atoms with Gasteiger partial charge in [0.1, 0.15) is 11.5 Å². The largest absolute Gasteiger partial charge is 0.510 e. The van der Waals surface area contributed by atoms with Gasteiger partial charge in [0, 0.05) is 19.3 Å². The van der Waals surface area contributed by atoms with E-state index in [1.165, 1.54) is 5.56 Å². The number of hydrogen-bond donors (Lipinski definition) is 2. The highest BCUT2D eigenvalue weighted by atomic mass is 16.3. The maximum absolute atomic E-state index is 11.7. The van der Waals surface area contributed by atoms with E-state index < -0.39 is 0 Å². The number of amides is 1. The summed E-state index contributed by atoms with van der Waals surface area (Å²) in [7, 11) is 0. The lowest BCUT2D eigenvalue weighted by molar-refractivity contribution is -0.122. The molecule has 2 N–H and O–H groups in total. The number of Topliss-reactive ketones (excluding diaryl/α,β-unsaturated/α-hetero) is 1. The van der Waals surface area contributed by atoms with Crippen molar-refractivity contribution in [2.24, 2.45) is 0 Å². The molecule has 4 heteroatoms. The summed E-state index contributed by atoms with van der Waals surface area (Å²) in [5.74, 6) is -0.457. The second kappa shape index (κ2) is 6.88. The molecule has 0 bridgehead atoms. The molecule has 21 heavy (non-hydrogen) atoms. The molecule has 0 unspecified atom stereocenters. The van der Waals surface area contributed by atoms with Crippen LogP contribution in [0, 0.1) is 6.92 Å². The van der Waals surface area contributed by atoms with Crippen LogP contribution in [0.4, 0.5) is 0 Å². The minimum atomic E-state index is -0.249. The Morgan fingerprint density at radius 2 is 2.10 bits per heavy atom. The number of aliphatic hydroxyl groups is 1. The third-order valence-corrected chi connectivity index (χ3v) is 3.44. The summed E-state index contributed by atoms with van der Waals surface area (Å²) in [5.41, 5.74) is 2.39. The average molecular weight is 285 g/mol. The minimum Gasteiger partial charge on any atom is -0.510 e. The van der Waals surface area contributed by atoms with Gasteiger partial charge in [-0.1, -0.05) is 36.4 Å². The van der Waals surface area contributed by atoms with Crippen LogP contribution in [0.1, 0.15) is 36.8 Å². The zero-order chi connectivity index (χ0) is 15.2. The molecule has 0 atom stereocenters. The molecule has 0 saturated carbocycles. The van der Waals surface area contributed by atoms with Crippen LogP contribution in [0.3, 0.4) is 0 Å². The van der Waals surface area contributed by atoms with Crippen LogP contribution in [0.15, 0.2) is 41.8 Å². The lowest BCUT2D eigenvalue weighted by atomic mass is 10.1. The molecule has 0 aliphatic heterocycles. The number of nitrogens with one attached hydrogen (secondary N) is 1. The number of rotatable bonds is 5. The van der Waals surface area contributed by atoms with Gasteiger partial charge in [-0.25, -0.2) is 0 Å². The van der Waals surface area contributed by atoms with Crippen molar-refractivity contribution in [3.8, 4) is 0 Å². The van der Waals surface area contributed by atoms with Crippen molar-refractivity contribution in [1.82, 2.24) is 5.32 Å². The molecule has 0 saturated heterocycles. The van der Waals surface area contributed by atoms with Gasteiger partial charge < -0.3 is 10.4 Å². The Hall–Kier alpha value is -2.36. The van der Waals surface area contributed by atoms with E-state index in [1.54, 1.807) is 0 Å². The fraction of sp³-hybridized carbons (Fsp3) is 0.294. The molecule has 1 aromatic carbocycles. The van der Waals surface area contributed by atoms with Crippen LogP contribution in [0.5, 0.6) is 0 Å². The Morgan fingerprint density at radius 1 is 1.33 bits per heavy atom. The van der Waals surface area contributed by atoms with Gasteiger partial charge in [-0.05, 0) is 24.5 Å². The molecule has 1 aliphatic carbocycles. The fourth-order valence-corrected chi connectivity index (χ4v) is 2.19. The number of aliphatic hydroxyl groups excluding tert-OH is 1. The molecule has 0 radical (unpaired) electrons. The predicted molar refractivity (Wildman–Crippen MR) is 81.5 cm³/mol. The van der Waals surface area contributed by atoms with E-state index in [0.29, 0.717) is 12.8 Å². The third kappa shape index (κ3) is 4.05. The summed E-state index contributed by atoms with van der Waals surface area (Å²) in [5, 5.41) is 12.0. The Kier molecular flexibility index (Phi) is 4.93. The van der Waals surface area contributed by atoms with Crippen LogP contribution in [-0.2, 0) is 9.59 Å². The van der Waals surface area contributed by atoms with Gasteiger partial charge in [-0.2, -0.15) is 0 Å². The van der Waals surface area contributed by atoms with E-state index >= 15 is 0 Å². The highest BCUT2D eigenvalue weighted by molar-refractivity contribution is 6.01. The Morgan fingerprint density at radius 3 is 2.76 bits per heavy atom. The van der Waals surface area contributed by atoms with Crippen molar-refractivity contribution in [3.63, 3.8) is 0 Å². The number of carbonyl (C=O) groups is 2. The molecular formula is C17H19NO3. The predicted octanol–water partition coefficient (Wildman–Crippen LogP) is 3.04. The quantitative estimate of drug-likeness (QED) is 0.874. The first kappa shape index (κ1) is 15.0. The van der Waals surface area contributed by atoms with Crippen molar-refractivity contribution in [1.29, 1.82) is 0 Å². The SMILES string of the molecule is Cc1ccccc1/C=C/CCC(=O)NC1=C(O)CCC1=O. The van der Waals surface area contributed by atoms with Gasteiger partial charge in [0.05, 0.1) is 0 Å². The standard InChI is InChI=1S/C17H19NO3/c1-12-6-2-3-7-13(12)8-4-5-9-16(21)18-17-14(19)10-11-15(17)20/h2-4,6-8,19H,5,9-11H2,1H3,(H,18,21)/b8-4+. The van der Waals surface area contributed by atoms with Gasteiger partial charge in [0.2, 0.25) is 5.91 Å². The maximum Gasteiger partial charge on any atom is 0.224 e. The smallest absolute Gasteiger partial charge is 0.224 e. The monoisotopic (exact) mass is 285 g/mol. The van der Waals surface area contributed by atoms with E-state index in [0.717, 1.165) is 5.56 Å². The van der Waals surface area contributed by atoms with E-state index in [2.05, 4.69) is 5.32 Å². The zero-order valence-electron chi connectivity index (χ0n) is 12.1. The van der Waals surface area contributed by atoms with Crippen molar-refractivity contribution in [3.05, 3.63) is 52.9 Å². The topological polar surface area (TPSA) is 66.4 Å². The first-order valence-electron chi connectivity index (χ1n) is 7.05. The number of ketones is 1. The van der Waals surface area contributed by atoms with Crippen LogP contribution in [0.25, 0.3) is 6.08 Å². The second-order valence-corrected chi connectivity index (χ2v) is 5.09. The highest BCUT2D eigenvalue weighted by Gasteiger charge is 2.23. The molecule has 1 aliphatic rings. The number of benzene rings is 1. The molecular weight excluding hydrogens is 266 g/mol. The van der Waals surface area contributed by atoms with Gasteiger partial charge in [0.15, 0.2) is 5.78 Å². The summed E-state index contributed by atoms with van der Waals surface area (Å²) in [6, 6.07) is 8.01. The molecule has 1 aromatic rings. The third-order valence-electron chi connectivity index (χ3n) is 3.44. The molecule has 0 spiro atoms. The minimum absolute atomic E-state index is 0.0104. The highest BCUT2D eigenvalue weighted by Crippen LogP contribution is 2.18. The Labute approximate surface area is 124 Å². The molecule has 1 amide bonds.